The highest BCUT2D eigenvalue weighted by atomic mass is 16.2. The zero-order valence-electron chi connectivity index (χ0n) is 11.0. The molecule has 1 heterocycles. The van der Waals surface area contributed by atoms with Crippen LogP contribution in [-0.4, -0.2) is 46.8 Å². The van der Waals surface area contributed by atoms with E-state index in [1.54, 1.807) is 10.9 Å². The molecule has 6 nitrogen and oxygen atoms in total. The van der Waals surface area contributed by atoms with E-state index < -0.39 is 0 Å². The molecule has 1 amide bonds. The number of aryl methyl sites for hydroxylation is 1. The summed E-state index contributed by atoms with van der Waals surface area (Å²) < 4.78 is 1.75. The molecule has 0 radical (unpaired) electrons. The van der Waals surface area contributed by atoms with Crippen LogP contribution in [0.1, 0.15) is 24.4 Å². The molecule has 1 aliphatic carbocycles. The number of rotatable bonds is 6. The lowest BCUT2D eigenvalue weighted by molar-refractivity contribution is -0.122. The molecule has 1 saturated carbocycles. The monoisotopic (exact) mass is 251 g/mol. The smallest absolute Gasteiger partial charge is 0.234 e. The molecule has 3 N–H and O–H groups in total. The van der Waals surface area contributed by atoms with E-state index in [2.05, 4.69) is 10.4 Å². The minimum Gasteiger partial charge on any atom is -0.352 e. The van der Waals surface area contributed by atoms with Crippen molar-refractivity contribution in [3.05, 3.63) is 18.0 Å². The molecule has 2 rings (SSSR count). The number of carbonyl (C=O) groups is 1. The van der Waals surface area contributed by atoms with Gasteiger partial charge in [-0.2, -0.15) is 5.10 Å². The Morgan fingerprint density at radius 2 is 2.44 bits per heavy atom. The number of nitrogens with zero attached hydrogens (tertiary/aromatic N) is 3. The quantitative estimate of drug-likeness (QED) is 0.723. The van der Waals surface area contributed by atoms with Gasteiger partial charge in [-0.25, -0.2) is 0 Å². The van der Waals surface area contributed by atoms with Gasteiger partial charge in [0, 0.05) is 31.4 Å². The Labute approximate surface area is 107 Å². The molecular weight excluding hydrogens is 230 g/mol. The Morgan fingerprint density at radius 1 is 1.72 bits per heavy atom. The number of carbonyl (C=O) groups excluding carboxylic acids is 1. The summed E-state index contributed by atoms with van der Waals surface area (Å²) in [4.78, 5) is 13.7. The summed E-state index contributed by atoms with van der Waals surface area (Å²) in [6, 6.07) is 0.435. The average Bonchev–Trinajstić information content (AvgIpc) is 3.01. The highest BCUT2D eigenvalue weighted by molar-refractivity contribution is 5.78. The van der Waals surface area contributed by atoms with E-state index in [1.165, 1.54) is 0 Å². The van der Waals surface area contributed by atoms with Crippen LogP contribution in [0.2, 0.25) is 0 Å². The molecule has 0 spiro atoms. The van der Waals surface area contributed by atoms with Gasteiger partial charge < -0.3 is 11.1 Å². The van der Waals surface area contributed by atoms with E-state index >= 15 is 0 Å². The molecule has 0 aliphatic heterocycles. The van der Waals surface area contributed by atoms with Crippen molar-refractivity contribution in [2.75, 3.05) is 20.1 Å². The molecule has 1 atom stereocenters. The molecule has 18 heavy (non-hydrogen) atoms. The van der Waals surface area contributed by atoms with Crippen LogP contribution in [-0.2, 0) is 11.8 Å². The van der Waals surface area contributed by atoms with Crippen molar-refractivity contribution in [3.63, 3.8) is 0 Å². The van der Waals surface area contributed by atoms with Crippen LogP contribution in [0.5, 0.6) is 0 Å². The lowest BCUT2D eigenvalue weighted by Gasteiger charge is -2.25. The fourth-order valence-electron chi connectivity index (χ4n) is 2.02. The second-order valence-electron chi connectivity index (χ2n) is 4.96. The normalized spacial score (nSPS) is 16.9. The molecule has 1 aliphatic rings. The van der Waals surface area contributed by atoms with Crippen LogP contribution in [0.25, 0.3) is 0 Å². The number of amides is 1. The van der Waals surface area contributed by atoms with Crippen LogP contribution in [0.4, 0.5) is 0 Å². The van der Waals surface area contributed by atoms with E-state index in [0.29, 0.717) is 19.1 Å². The van der Waals surface area contributed by atoms with Gasteiger partial charge in [-0.15, -0.1) is 0 Å². The van der Waals surface area contributed by atoms with Gasteiger partial charge in [-0.05, 0) is 19.9 Å². The van der Waals surface area contributed by atoms with E-state index in [1.807, 2.05) is 25.2 Å². The third-order valence-corrected chi connectivity index (χ3v) is 3.20. The Morgan fingerprint density at radius 3 is 2.94 bits per heavy atom. The highest BCUT2D eigenvalue weighted by Crippen LogP contribution is 2.19. The molecule has 1 unspecified atom stereocenters. The van der Waals surface area contributed by atoms with Gasteiger partial charge in [0.05, 0.1) is 18.8 Å². The first-order valence-corrected chi connectivity index (χ1v) is 6.28. The van der Waals surface area contributed by atoms with E-state index in [0.717, 1.165) is 18.4 Å². The molecule has 1 fully saturated rings. The molecule has 1 aromatic heterocycles. The van der Waals surface area contributed by atoms with Gasteiger partial charge in [0.2, 0.25) is 5.91 Å². The van der Waals surface area contributed by atoms with Crippen molar-refractivity contribution in [1.82, 2.24) is 20.0 Å². The minimum absolute atomic E-state index is 0.0312. The maximum atomic E-state index is 11.7. The zero-order chi connectivity index (χ0) is 13.1. The number of hydrogen-bond acceptors (Lipinski definition) is 4. The second-order valence-corrected chi connectivity index (χ2v) is 4.96. The zero-order valence-corrected chi connectivity index (χ0v) is 11.0. The number of hydrogen-bond donors (Lipinski definition) is 2. The van der Waals surface area contributed by atoms with Gasteiger partial charge in [-0.1, -0.05) is 0 Å². The molecule has 0 aromatic carbocycles. The Balaban J connectivity index is 1.91. The maximum absolute atomic E-state index is 11.7. The summed E-state index contributed by atoms with van der Waals surface area (Å²) in [5.41, 5.74) is 6.84. The first-order chi connectivity index (χ1) is 8.60. The standard InChI is InChI=1S/C12H21N5O/c1-16(8-12(18)15-10-3-4-10)11(5-13)9-6-14-17(2)7-9/h6-7,10-11H,3-5,8,13H2,1-2H3,(H,15,18). The molecular formula is C12H21N5O. The molecule has 1 aromatic rings. The van der Waals surface area contributed by atoms with Crippen LogP contribution in [0.3, 0.4) is 0 Å². The molecule has 0 saturated heterocycles. The third kappa shape index (κ3) is 3.30. The number of likely N-dealkylation sites (N-methyl/N-ethyl adjacent to an activating group) is 1. The van der Waals surface area contributed by atoms with Crippen LogP contribution in [0, 0.1) is 0 Å². The average molecular weight is 251 g/mol. The SMILES string of the molecule is CN(CC(=O)NC1CC1)C(CN)c1cnn(C)c1. The Hall–Kier alpha value is -1.40. The number of nitrogens with one attached hydrogen (secondary N) is 1. The van der Waals surface area contributed by atoms with E-state index in [-0.39, 0.29) is 11.9 Å². The summed E-state index contributed by atoms with van der Waals surface area (Å²) in [5.74, 6) is 0.0716. The summed E-state index contributed by atoms with van der Waals surface area (Å²) in [6.07, 6.45) is 5.95. The summed E-state index contributed by atoms with van der Waals surface area (Å²) in [7, 11) is 3.79. The second kappa shape index (κ2) is 5.49. The number of nitrogens with two attached hydrogens (primary N) is 1. The van der Waals surface area contributed by atoms with Gasteiger partial charge >= 0.3 is 0 Å². The predicted molar refractivity (Wildman–Crippen MR) is 68.8 cm³/mol. The maximum Gasteiger partial charge on any atom is 0.234 e. The first kappa shape index (κ1) is 13.0. The van der Waals surface area contributed by atoms with Crippen molar-refractivity contribution < 1.29 is 4.79 Å². The third-order valence-electron chi connectivity index (χ3n) is 3.20. The summed E-state index contributed by atoms with van der Waals surface area (Å²) in [6.45, 7) is 0.839. The van der Waals surface area contributed by atoms with Crippen LogP contribution in [0.15, 0.2) is 12.4 Å². The first-order valence-electron chi connectivity index (χ1n) is 6.28. The lowest BCUT2D eigenvalue weighted by atomic mass is 10.1. The van der Waals surface area contributed by atoms with Crippen molar-refractivity contribution in [3.8, 4) is 0 Å². The van der Waals surface area contributed by atoms with Gasteiger partial charge in [0.15, 0.2) is 0 Å². The fraction of sp³-hybridized carbons (Fsp3) is 0.667. The summed E-state index contributed by atoms with van der Waals surface area (Å²) >= 11 is 0. The van der Waals surface area contributed by atoms with E-state index in [9.17, 15) is 4.79 Å². The number of aromatic nitrogens is 2. The predicted octanol–water partition coefficient (Wildman–Crippen LogP) is -0.370. The van der Waals surface area contributed by atoms with Crippen molar-refractivity contribution in [2.24, 2.45) is 12.8 Å². The van der Waals surface area contributed by atoms with Gasteiger partial charge in [0.25, 0.3) is 0 Å². The topological polar surface area (TPSA) is 76.2 Å². The van der Waals surface area contributed by atoms with E-state index in [4.69, 9.17) is 5.73 Å². The van der Waals surface area contributed by atoms with Crippen molar-refractivity contribution in [1.29, 1.82) is 0 Å². The Bertz CT molecular complexity index is 412. The van der Waals surface area contributed by atoms with Crippen LogP contribution < -0.4 is 11.1 Å². The van der Waals surface area contributed by atoms with Crippen molar-refractivity contribution >= 4 is 5.91 Å². The van der Waals surface area contributed by atoms with Gasteiger partial charge in [-0.3, -0.25) is 14.4 Å². The van der Waals surface area contributed by atoms with Crippen molar-refractivity contribution in [2.45, 2.75) is 24.9 Å². The minimum atomic E-state index is 0.0312. The lowest BCUT2D eigenvalue weighted by Crippen LogP contribution is -2.40. The molecule has 0 bridgehead atoms. The van der Waals surface area contributed by atoms with Gasteiger partial charge in [0.1, 0.15) is 0 Å². The molecule has 6 heteroatoms. The Kier molecular flexibility index (Phi) is 3.98. The van der Waals surface area contributed by atoms with Crippen LogP contribution >= 0.6 is 0 Å². The largest absolute Gasteiger partial charge is 0.352 e. The summed E-state index contributed by atoms with van der Waals surface area (Å²) in [5, 5.41) is 7.12. The fourth-order valence-corrected chi connectivity index (χ4v) is 2.02. The highest BCUT2D eigenvalue weighted by Gasteiger charge is 2.25. The molecule has 100 valence electrons.